The van der Waals surface area contributed by atoms with Gasteiger partial charge in [0.1, 0.15) is 0 Å². The summed E-state index contributed by atoms with van der Waals surface area (Å²) in [6, 6.07) is -0.781. The predicted molar refractivity (Wildman–Crippen MR) is 65.2 cm³/mol. The SMILES string of the molecule is NCCC1CCN(CCC(=O)NC(N)=O)CC1. The summed E-state index contributed by atoms with van der Waals surface area (Å²) in [5.74, 6) is 0.428. The van der Waals surface area contributed by atoms with Gasteiger partial charge in [-0.1, -0.05) is 0 Å². The van der Waals surface area contributed by atoms with E-state index in [4.69, 9.17) is 11.5 Å². The molecule has 0 spiro atoms. The molecule has 0 aromatic carbocycles. The first kappa shape index (κ1) is 13.9. The lowest BCUT2D eigenvalue weighted by molar-refractivity contribution is -0.120. The number of hydrogen-bond donors (Lipinski definition) is 3. The van der Waals surface area contributed by atoms with Gasteiger partial charge in [0.25, 0.3) is 0 Å². The lowest BCUT2D eigenvalue weighted by atomic mass is 9.93. The number of urea groups is 1. The largest absolute Gasteiger partial charge is 0.351 e. The second-order valence-corrected chi connectivity index (χ2v) is 4.52. The molecule has 1 rings (SSSR count). The Morgan fingerprint density at radius 2 is 1.94 bits per heavy atom. The Kier molecular flexibility index (Phi) is 5.93. The first-order valence-corrected chi connectivity index (χ1v) is 6.13. The van der Waals surface area contributed by atoms with Crippen LogP contribution >= 0.6 is 0 Å². The summed E-state index contributed by atoms with van der Waals surface area (Å²) in [5, 5.41) is 2.07. The maximum atomic E-state index is 11.2. The molecule has 0 aromatic heterocycles. The van der Waals surface area contributed by atoms with Crippen molar-refractivity contribution in [3.8, 4) is 0 Å². The van der Waals surface area contributed by atoms with E-state index in [0.717, 1.165) is 44.8 Å². The van der Waals surface area contributed by atoms with Crippen molar-refractivity contribution in [1.29, 1.82) is 0 Å². The average Bonchev–Trinajstić information content (AvgIpc) is 2.28. The van der Waals surface area contributed by atoms with Gasteiger partial charge in [-0.15, -0.1) is 0 Å². The third-order valence-corrected chi connectivity index (χ3v) is 3.20. The fourth-order valence-electron chi connectivity index (χ4n) is 2.19. The Labute approximate surface area is 102 Å². The van der Waals surface area contributed by atoms with Crippen LogP contribution in [0.15, 0.2) is 0 Å². The molecule has 0 bridgehead atoms. The van der Waals surface area contributed by atoms with Crippen LogP contribution in [0.3, 0.4) is 0 Å². The van der Waals surface area contributed by atoms with Crippen LogP contribution in [0.5, 0.6) is 0 Å². The molecule has 1 fully saturated rings. The normalized spacial score (nSPS) is 17.9. The molecule has 6 heteroatoms. The molecule has 1 heterocycles. The van der Waals surface area contributed by atoms with E-state index in [1.807, 2.05) is 0 Å². The molecule has 5 N–H and O–H groups in total. The van der Waals surface area contributed by atoms with E-state index < -0.39 is 6.03 Å². The second kappa shape index (κ2) is 7.24. The van der Waals surface area contributed by atoms with Crippen molar-refractivity contribution in [2.75, 3.05) is 26.2 Å². The number of likely N-dealkylation sites (tertiary alicyclic amines) is 1. The van der Waals surface area contributed by atoms with E-state index in [-0.39, 0.29) is 5.91 Å². The average molecular weight is 242 g/mol. The molecule has 17 heavy (non-hydrogen) atoms. The van der Waals surface area contributed by atoms with Crippen LogP contribution in [-0.4, -0.2) is 43.0 Å². The fraction of sp³-hybridized carbons (Fsp3) is 0.818. The molecular weight excluding hydrogens is 220 g/mol. The number of imide groups is 1. The van der Waals surface area contributed by atoms with Crippen LogP contribution in [0.1, 0.15) is 25.7 Å². The van der Waals surface area contributed by atoms with E-state index in [9.17, 15) is 9.59 Å². The van der Waals surface area contributed by atoms with Gasteiger partial charge in [-0.25, -0.2) is 4.79 Å². The quantitative estimate of drug-likeness (QED) is 0.612. The van der Waals surface area contributed by atoms with Gasteiger partial charge < -0.3 is 16.4 Å². The van der Waals surface area contributed by atoms with Crippen molar-refractivity contribution in [3.05, 3.63) is 0 Å². The molecule has 0 aromatic rings. The topological polar surface area (TPSA) is 101 Å². The highest BCUT2D eigenvalue weighted by Crippen LogP contribution is 2.19. The number of nitrogens with two attached hydrogens (primary N) is 2. The van der Waals surface area contributed by atoms with Gasteiger partial charge in [-0.05, 0) is 44.8 Å². The van der Waals surface area contributed by atoms with Crippen LogP contribution in [-0.2, 0) is 4.79 Å². The second-order valence-electron chi connectivity index (χ2n) is 4.52. The Balaban J connectivity index is 2.13. The fourth-order valence-corrected chi connectivity index (χ4v) is 2.19. The third kappa shape index (κ3) is 5.65. The summed E-state index contributed by atoms with van der Waals surface area (Å²) >= 11 is 0. The Morgan fingerprint density at radius 1 is 1.29 bits per heavy atom. The highest BCUT2D eigenvalue weighted by atomic mass is 16.2. The number of rotatable bonds is 5. The van der Waals surface area contributed by atoms with Gasteiger partial charge >= 0.3 is 6.03 Å². The summed E-state index contributed by atoms with van der Waals surface area (Å²) in [5.41, 5.74) is 10.4. The van der Waals surface area contributed by atoms with E-state index in [0.29, 0.717) is 13.0 Å². The molecule has 1 aliphatic rings. The lowest BCUT2D eigenvalue weighted by Crippen LogP contribution is -2.39. The van der Waals surface area contributed by atoms with E-state index in [1.54, 1.807) is 0 Å². The van der Waals surface area contributed by atoms with Crippen LogP contribution in [0, 0.1) is 5.92 Å². The molecule has 6 nitrogen and oxygen atoms in total. The van der Waals surface area contributed by atoms with Crippen LogP contribution in [0.2, 0.25) is 0 Å². The Bertz CT molecular complexity index is 262. The van der Waals surface area contributed by atoms with Gasteiger partial charge in [0.05, 0.1) is 0 Å². The molecule has 98 valence electrons. The zero-order valence-corrected chi connectivity index (χ0v) is 10.2. The van der Waals surface area contributed by atoms with E-state index in [2.05, 4.69) is 10.2 Å². The summed E-state index contributed by atoms with van der Waals surface area (Å²) in [7, 11) is 0. The summed E-state index contributed by atoms with van der Waals surface area (Å²) < 4.78 is 0. The maximum Gasteiger partial charge on any atom is 0.318 e. The van der Waals surface area contributed by atoms with Crippen LogP contribution in [0.25, 0.3) is 0 Å². The predicted octanol–water partition coefficient (Wildman–Crippen LogP) is -0.368. The van der Waals surface area contributed by atoms with Crippen molar-refractivity contribution in [3.63, 3.8) is 0 Å². The first-order valence-electron chi connectivity index (χ1n) is 6.13. The van der Waals surface area contributed by atoms with Crippen molar-refractivity contribution < 1.29 is 9.59 Å². The minimum Gasteiger partial charge on any atom is -0.351 e. The number of primary amides is 1. The molecule has 1 aliphatic heterocycles. The van der Waals surface area contributed by atoms with Gasteiger partial charge in [0.15, 0.2) is 0 Å². The Hall–Kier alpha value is -1.14. The van der Waals surface area contributed by atoms with E-state index in [1.165, 1.54) is 0 Å². The zero-order chi connectivity index (χ0) is 12.7. The third-order valence-electron chi connectivity index (χ3n) is 3.20. The van der Waals surface area contributed by atoms with Gasteiger partial charge in [0.2, 0.25) is 5.91 Å². The van der Waals surface area contributed by atoms with Crippen molar-refractivity contribution in [1.82, 2.24) is 10.2 Å². The smallest absolute Gasteiger partial charge is 0.318 e. The minimum absolute atomic E-state index is 0.304. The lowest BCUT2D eigenvalue weighted by Gasteiger charge is -2.31. The summed E-state index contributed by atoms with van der Waals surface area (Å²) in [4.78, 5) is 23.9. The summed E-state index contributed by atoms with van der Waals surface area (Å²) in [6.45, 7) is 3.46. The summed E-state index contributed by atoms with van der Waals surface area (Å²) in [6.07, 6.45) is 3.71. The number of hydrogen-bond acceptors (Lipinski definition) is 4. The molecular formula is C11H22N4O2. The van der Waals surface area contributed by atoms with Crippen molar-refractivity contribution in [2.24, 2.45) is 17.4 Å². The van der Waals surface area contributed by atoms with Gasteiger partial charge in [-0.3, -0.25) is 10.1 Å². The molecule has 0 unspecified atom stereocenters. The number of carbonyl (C=O) groups is 2. The Morgan fingerprint density at radius 3 is 2.47 bits per heavy atom. The number of nitrogens with one attached hydrogen (secondary N) is 1. The van der Waals surface area contributed by atoms with Gasteiger partial charge in [0, 0.05) is 13.0 Å². The van der Waals surface area contributed by atoms with E-state index >= 15 is 0 Å². The molecule has 3 amide bonds. The maximum absolute atomic E-state index is 11.2. The number of carbonyl (C=O) groups excluding carboxylic acids is 2. The zero-order valence-electron chi connectivity index (χ0n) is 10.2. The molecule has 1 saturated heterocycles. The standard InChI is InChI=1S/C11H22N4O2/c12-5-1-9-2-6-15(7-3-9)8-4-10(16)14-11(13)17/h9H,1-8,12H2,(H3,13,14,16,17). The first-order chi connectivity index (χ1) is 8.11. The number of nitrogens with zero attached hydrogens (tertiary/aromatic N) is 1. The molecule has 0 radical (unpaired) electrons. The molecule has 0 aliphatic carbocycles. The van der Waals surface area contributed by atoms with Crippen molar-refractivity contribution in [2.45, 2.75) is 25.7 Å². The molecule has 0 atom stereocenters. The highest BCUT2D eigenvalue weighted by molar-refractivity contribution is 5.93. The van der Waals surface area contributed by atoms with Crippen LogP contribution < -0.4 is 16.8 Å². The minimum atomic E-state index is -0.781. The van der Waals surface area contributed by atoms with Crippen molar-refractivity contribution >= 4 is 11.9 Å². The highest BCUT2D eigenvalue weighted by Gasteiger charge is 2.18. The number of amides is 3. The molecule has 0 saturated carbocycles. The number of piperidine rings is 1. The van der Waals surface area contributed by atoms with Crippen LogP contribution in [0.4, 0.5) is 4.79 Å². The van der Waals surface area contributed by atoms with Gasteiger partial charge in [-0.2, -0.15) is 0 Å². The monoisotopic (exact) mass is 242 g/mol.